The van der Waals surface area contributed by atoms with Gasteiger partial charge in [-0.05, 0) is 36.3 Å². The molecule has 4 heterocycles. The highest BCUT2D eigenvalue weighted by Gasteiger charge is 2.07. The number of aryl methyl sites for hydroxylation is 1. The van der Waals surface area contributed by atoms with Crippen molar-refractivity contribution in [2.24, 2.45) is 0 Å². The van der Waals surface area contributed by atoms with Crippen molar-refractivity contribution < 1.29 is 0 Å². The van der Waals surface area contributed by atoms with Crippen LogP contribution in [0.4, 0.5) is 5.82 Å². The normalized spacial score (nSPS) is 17.6. The summed E-state index contributed by atoms with van der Waals surface area (Å²) in [6, 6.07) is 4.34. The van der Waals surface area contributed by atoms with Crippen LogP contribution in [0.15, 0.2) is 24.5 Å². The van der Waals surface area contributed by atoms with Gasteiger partial charge < -0.3 is 15.3 Å². The minimum atomic E-state index is 1.08. The molecule has 5 heteroatoms. The van der Waals surface area contributed by atoms with E-state index in [-0.39, 0.29) is 0 Å². The largest absolute Gasteiger partial charge is 0.371 e. The Labute approximate surface area is 128 Å². The van der Waals surface area contributed by atoms with Gasteiger partial charge in [0, 0.05) is 47.5 Å². The van der Waals surface area contributed by atoms with Crippen molar-refractivity contribution in [3.05, 3.63) is 41.3 Å². The van der Waals surface area contributed by atoms with E-state index in [0.717, 1.165) is 12.3 Å². The molecule has 0 aromatic carbocycles. The SMILES string of the molecule is c1cc2c([nH]1)CCCSC2.c1cc2c([nH]1)NCCSC2. The molecule has 3 nitrogen and oxygen atoms in total. The van der Waals surface area contributed by atoms with E-state index in [1.165, 1.54) is 52.7 Å². The second-order valence-corrected chi connectivity index (χ2v) is 7.21. The van der Waals surface area contributed by atoms with E-state index in [4.69, 9.17) is 0 Å². The summed E-state index contributed by atoms with van der Waals surface area (Å²) < 4.78 is 0. The van der Waals surface area contributed by atoms with E-state index in [2.05, 4.69) is 33.6 Å². The summed E-state index contributed by atoms with van der Waals surface area (Å²) in [7, 11) is 0. The van der Waals surface area contributed by atoms with Crippen molar-refractivity contribution in [1.29, 1.82) is 0 Å². The summed E-state index contributed by atoms with van der Waals surface area (Å²) in [6.07, 6.45) is 6.62. The molecule has 20 heavy (non-hydrogen) atoms. The summed E-state index contributed by atoms with van der Waals surface area (Å²) in [5.74, 6) is 6.10. The Hall–Kier alpha value is -0.940. The maximum absolute atomic E-state index is 3.33. The van der Waals surface area contributed by atoms with Crippen LogP contribution in [0.2, 0.25) is 0 Å². The summed E-state index contributed by atoms with van der Waals surface area (Å²) >= 11 is 4.02. The molecule has 0 atom stereocenters. The molecule has 0 amide bonds. The monoisotopic (exact) mass is 307 g/mol. The van der Waals surface area contributed by atoms with E-state index in [1.54, 1.807) is 0 Å². The zero-order valence-electron chi connectivity index (χ0n) is 11.6. The van der Waals surface area contributed by atoms with Crippen molar-refractivity contribution in [2.45, 2.75) is 24.3 Å². The van der Waals surface area contributed by atoms with Crippen LogP contribution in [0.5, 0.6) is 0 Å². The maximum Gasteiger partial charge on any atom is 0.107 e. The first-order valence-electron chi connectivity index (χ1n) is 7.14. The first-order valence-corrected chi connectivity index (χ1v) is 9.45. The Balaban J connectivity index is 0.000000121. The molecule has 0 aliphatic carbocycles. The molecule has 0 fully saturated rings. The number of thioether (sulfide) groups is 2. The van der Waals surface area contributed by atoms with E-state index >= 15 is 0 Å². The Morgan fingerprint density at radius 2 is 1.70 bits per heavy atom. The Bertz CT molecular complexity index is 443. The van der Waals surface area contributed by atoms with Gasteiger partial charge in [-0.3, -0.25) is 0 Å². The summed E-state index contributed by atoms with van der Waals surface area (Å²) in [4.78, 5) is 6.46. The highest BCUT2D eigenvalue weighted by molar-refractivity contribution is 7.98. The van der Waals surface area contributed by atoms with Crippen LogP contribution in [-0.4, -0.2) is 28.0 Å². The van der Waals surface area contributed by atoms with Crippen molar-refractivity contribution in [3.8, 4) is 0 Å². The summed E-state index contributed by atoms with van der Waals surface area (Å²) in [5.41, 5.74) is 4.38. The number of aromatic amines is 2. The van der Waals surface area contributed by atoms with E-state index in [1.807, 2.05) is 29.7 Å². The van der Waals surface area contributed by atoms with Crippen molar-refractivity contribution >= 4 is 29.3 Å². The predicted octanol–water partition coefficient (Wildman–Crippen LogP) is 3.87. The fraction of sp³-hybridized carbons (Fsp3) is 0.467. The Morgan fingerprint density at radius 1 is 0.900 bits per heavy atom. The lowest BCUT2D eigenvalue weighted by Gasteiger charge is -1.98. The number of aromatic nitrogens is 2. The molecule has 0 unspecified atom stereocenters. The maximum atomic E-state index is 3.33. The molecular formula is C15H21N3S2. The molecule has 0 saturated heterocycles. The average molecular weight is 307 g/mol. The molecule has 3 N–H and O–H groups in total. The molecule has 0 bridgehead atoms. The van der Waals surface area contributed by atoms with Crippen molar-refractivity contribution in [1.82, 2.24) is 9.97 Å². The standard InChI is InChI=1S/C8H11NS.C7H10N2S/c1-2-8-7(3-4-9-8)6-10-5-1;1-2-8-7-6(1)5-10-4-3-9-7/h3-4,9H,1-2,5-6H2;1-2,8-9H,3-5H2. The summed E-state index contributed by atoms with van der Waals surface area (Å²) in [6.45, 7) is 1.08. The van der Waals surface area contributed by atoms with Crippen molar-refractivity contribution in [2.75, 3.05) is 23.4 Å². The van der Waals surface area contributed by atoms with Gasteiger partial charge in [0.15, 0.2) is 0 Å². The number of anilines is 1. The van der Waals surface area contributed by atoms with Gasteiger partial charge in [-0.25, -0.2) is 0 Å². The third kappa shape index (κ3) is 3.58. The van der Waals surface area contributed by atoms with Gasteiger partial charge in [0.2, 0.25) is 0 Å². The van der Waals surface area contributed by atoms with Gasteiger partial charge in [-0.2, -0.15) is 23.5 Å². The van der Waals surface area contributed by atoms with Crippen LogP contribution >= 0.6 is 23.5 Å². The van der Waals surface area contributed by atoms with Crippen LogP contribution in [0.25, 0.3) is 0 Å². The Morgan fingerprint density at radius 3 is 2.70 bits per heavy atom. The molecule has 2 aromatic heterocycles. The van der Waals surface area contributed by atoms with Gasteiger partial charge in [-0.1, -0.05) is 0 Å². The molecule has 2 aromatic rings. The average Bonchev–Trinajstić information content (AvgIpc) is 2.98. The molecule has 0 radical (unpaired) electrons. The van der Waals surface area contributed by atoms with Crippen molar-refractivity contribution in [3.63, 3.8) is 0 Å². The van der Waals surface area contributed by atoms with E-state index in [9.17, 15) is 0 Å². The van der Waals surface area contributed by atoms with Gasteiger partial charge >= 0.3 is 0 Å². The second-order valence-electron chi connectivity index (χ2n) is 4.99. The molecule has 0 saturated carbocycles. The number of H-pyrrole nitrogens is 2. The fourth-order valence-corrected chi connectivity index (χ4v) is 4.29. The van der Waals surface area contributed by atoms with E-state index < -0.39 is 0 Å². The third-order valence-corrected chi connectivity index (χ3v) is 5.64. The van der Waals surface area contributed by atoms with Crippen LogP contribution in [0.1, 0.15) is 23.2 Å². The van der Waals surface area contributed by atoms with Crippen LogP contribution < -0.4 is 5.32 Å². The molecule has 4 rings (SSSR count). The van der Waals surface area contributed by atoms with E-state index in [0.29, 0.717) is 0 Å². The van der Waals surface area contributed by atoms with Gasteiger partial charge in [0.05, 0.1) is 0 Å². The molecule has 2 aliphatic heterocycles. The lowest BCUT2D eigenvalue weighted by molar-refractivity contribution is 0.903. The number of hydrogen-bond donors (Lipinski definition) is 3. The number of nitrogens with one attached hydrogen (secondary N) is 3. The lowest BCUT2D eigenvalue weighted by Crippen LogP contribution is -2.01. The topological polar surface area (TPSA) is 43.6 Å². The highest BCUT2D eigenvalue weighted by Crippen LogP contribution is 2.22. The molecule has 2 aliphatic rings. The zero-order chi connectivity index (χ0) is 13.6. The molecule has 108 valence electrons. The van der Waals surface area contributed by atoms with Crippen LogP contribution in [0, 0.1) is 0 Å². The fourth-order valence-electron chi connectivity index (χ4n) is 2.45. The zero-order valence-corrected chi connectivity index (χ0v) is 13.2. The minimum absolute atomic E-state index is 1.08. The summed E-state index contributed by atoms with van der Waals surface area (Å²) in [5, 5.41) is 3.33. The molecule has 0 spiro atoms. The predicted molar refractivity (Wildman–Crippen MR) is 90.7 cm³/mol. The molecular weight excluding hydrogens is 286 g/mol. The van der Waals surface area contributed by atoms with Crippen LogP contribution in [0.3, 0.4) is 0 Å². The lowest BCUT2D eigenvalue weighted by atomic mass is 10.2. The first kappa shape index (κ1) is 14.0. The number of fused-ring (bicyclic) bond motifs is 2. The number of rotatable bonds is 0. The first-order chi connectivity index (χ1) is 9.93. The number of hydrogen-bond acceptors (Lipinski definition) is 3. The highest BCUT2D eigenvalue weighted by atomic mass is 32.2. The van der Waals surface area contributed by atoms with Gasteiger partial charge in [0.1, 0.15) is 5.82 Å². The Kier molecular flexibility index (Phi) is 5.03. The quantitative estimate of drug-likeness (QED) is 0.692. The van der Waals surface area contributed by atoms with Gasteiger partial charge in [-0.15, -0.1) is 0 Å². The minimum Gasteiger partial charge on any atom is -0.371 e. The second kappa shape index (κ2) is 7.18. The smallest absolute Gasteiger partial charge is 0.107 e. The third-order valence-electron chi connectivity index (χ3n) is 3.54. The van der Waals surface area contributed by atoms with Gasteiger partial charge in [0.25, 0.3) is 0 Å². The van der Waals surface area contributed by atoms with Crippen LogP contribution in [-0.2, 0) is 17.9 Å².